The molecule has 3 nitrogen and oxygen atoms in total. The van der Waals surface area contributed by atoms with Crippen molar-refractivity contribution in [2.45, 2.75) is 19.7 Å². The van der Waals surface area contributed by atoms with Crippen LogP contribution in [-0.4, -0.2) is 9.97 Å². The molecule has 1 heterocycles. The Kier molecular flexibility index (Phi) is 5.04. The van der Waals surface area contributed by atoms with E-state index in [-0.39, 0.29) is 23.2 Å². The summed E-state index contributed by atoms with van der Waals surface area (Å²) in [7, 11) is 0. The van der Waals surface area contributed by atoms with Gasteiger partial charge >= 0.3 is 6.18 Å². The van der Waals surface area contributed by atoms with Crippen LogP contribution in [0.1, 0.15) is 17.0 Å². The van der Waals surface area contributed by atoms with Crippen molar-refractivity contribution < 1.29 is 17.9 Å². The normalized spacial score (nSPS) is 11.6. The fraction of sp³-hybridized carbons (Fsp3) is 0.231. The van der Waals surface area contributed by atoms with E-state index in [0.717, 1.165) is 0 Å². The van der Waals surface area contributed by atoms with Gasteiger partial charge in [0.1, 0.15) is 11.8 Å². The molecule has 0 saturated carbocycles. The van der Waals surface area contributed by atoms with Crippen molar-refractivity contribution in [3.05, 3.63) is 50.3 Å². The molecule has 0 aliphatic heterocycles. The third-order valence-electron chi connectivity index (χ3n) is 2.59. The van der Waals surface area contributed by atoms with E-state index < -0.39 is 12.0 Å². The molecule has 22 heavy (non-hydrogen) atoms. The van der Waals surface area contributed by atoms with Gasteiger partial charge in [-0.15, -0.1) is 0 Å². The van der Waals surface area contributed by atoms with E-state index in [1.165, 1.54) is 13.0 Å². The first-order valence-corrected chi connectivity index (χ1v) is 6.99. The lowest BCUT2D eigenvalue weighted by molar-refractivity contribution is -0.145. The van der Waals surface area contributed by atoms with Gasteiger partial charge in [-0.3, -0.25) is 0 Å². The van der Waals surface area contributed by atoms with Crippen LogP contribution in [0.3, 0.4) is 0 Å². The number of halogens is 6. The van der Waals surface area contributed by atoms with E-state index in [1.54, 1.807) is 12.1 Å². The molecule has 1 aromatic carbocycles. The van der Waals surface area contributed by atoms with Crippen LogP contribution in [0.25, 0.3) is 0 Å². The molecule has 0 fully saturated rings. The number of benzene rings is 1. The molecule has 1 aromatic heterocycles. The summed E-state index contributed by atoms with van der Waals surface area (Å²) >= 11 is 17.4. The third kappa shape index (κ3) is 4.15. The standard InChI is InChI=1S/C13H8Cl3F3N2O/c1-6-10(16)20-12(13(17,18)19)21-11(6)22-5-7-2-8(14)4-9(15)3-7/h2-4H,5H2,1H3. The second-order valence-corrected chi connectivity index (χ2v) is 5.56. The lowest BCUT2D eigenvalue weighted by Gasteiger charge is -2.12. The number of ether oxygens (including phenoxy) is 1. The number of hydrogen-bond acceptors (Lipinski definition) is 3. The van der Waals surface area contributed by atoms with E-state index in [1.807, 2.05) is 0 Å². The first-order chi connectivity index (χ1) is 10.2. The summed E-state index contributed by atoms with van der Waals surface area (Å²) in [5.41, 5.74) is 0.794. The highest BCUT2D eigenvalue weighted by Gasteiger charge is 2.36. The van der Waals surface area contributed by atoms with Gasteiger partial charge in [0.05, 0.1) is 0 Å². The minimum atomic E-state index is -4.71. The molecule has 2 rings (SSSR count). The van der Waals surface area contributed by atoms with Crippen molar-refractivity contribution in [2.75, 3.05) is 0 Å². The summed E-state index contributed by atoms with van der Waals surface area (Å²) in [5.74, 6) is -1.61. The highest BCUT2D eigenvalue weighted by Crippen LogP contribution is 2.31. The van der Waals surface area contributed by atoms with Crippen LogP contribution in [0, 0.1) is 6.92 Å². The molecule has 0 aliphatic rings. The highest BCUT2D eigenvalue weighted by molar-refractivity contribution is 6.34. The Morgan fingerprint density at radius 1 is 1.05 bits per heavy atom. The summed E-state index contributed by atoms with van der Waals surface area (Å²) in [6.45, 7) is 1.40. The van der Waals surface area contributed by atoms with Crippen molar-refractivity contribution in [2.24, 2.45) is 0 Å². The molecule has 0 saturated heterocycles. The largest absolute Gasteiger partial charge is 0.472 e. The van der Waals surface area contributed by atoms with Crippen molar-refractivity contribution in [3.8, 4) is 5.88 Å². The number of rotatable bonds is 3. The first kappa shape index (κ1) is 17.1. The SMILES string of the molecule is Cc1c(Cl)nc(C(F)(F)F)nc1OCc1cc(Cl)cc(Cl)c1. The molecule has 0 aliphatic carbocycles. The van der Waals surface area contributed by atoms with Gasteiger partial charge in [-0.05, 0) is 30.7 Å². The van der Waals surface area contributed by atoms with Gasteiger partial charge in [-0.2, -0.15) is 18.2 Å². The topological polar surface area (TPSA) is 35.0 Å². The molecular formula is C13H8Cl3F3N2O. The van der Waals surface area contributed by atoms with Gasteiger partial charge in [0.15, 0.2) is 0 Å². The Hall–Kier alpha value is -1.24. The van der Waals surface area contributed by atoms with E-state index in [4.69, 9.17) is 39.5 Å². The lowest BCUT2D eigenvalue weighted by atomic mass is 10.2. The zero-order valence-corrected chi connectivity index (χ0v) is 13.3. The number of alkyl halides is 3. The van der Waals surface area contributed by atoms with Gasteiger partial charge in [-0.25, -0.2) is 4.98 Å². The number of aromatic nitrogens is 2. The second-order valence-electron chi connectivity index (χ2n) is 4.33. The number of nitrogens with zero attached hydrogens (tertiary/aromatic N) is 2. The van der Waals surface area contributed by atoms with E-state index in [2.05, 4.69) is 9.97 Å². The highest BCUT2D eigenvalue weighted by atomic mass is 35.5. The van der Waals surface area contributed by atoms with Crippen molar-refractivity contribution in [1.29, 1.82) is 0 Å². The average molecular weight is 372 g/mol. The van der Waals surface area contributed by atoms with Crippen molar-refractivity contribution >= 4 is 34.8 Å². The fourth-order valence-electron chi connectivity index (χ4n) is 1.58. The minimum Gasteiger partial charge on any atom is -0.472 e. The summed E-state index contributed by atoms with van der Waals surface area (Å²) in [4.78, 5) is 6.55. The molecule has 0 radical (unpaired) electrons. The smallest absolute Gasteiger partial charge is 0.451 e. The molecule has 0 amide bonds. The molecular weight excluding hydrogens is 364 g/mol. The van der Waals surface area contributed by atoms with Gasteiger partial charge in [-0.1, -0.05) is 34.8 Å². The Bertz CT molecular complexity index is 687. The summed E-state index contributed by atoms with van der Waals surface area (Å²) in [6.07, 6.45) is -4.71. The van der Waals surface area contributed by atoms with E-state index in [9.17, 15) is 13.2 Å². The molecule has 0 bridgehead atoms. The van der Waals surface area contributed by atoms with E-state index in [0.29, 0.717) is 15.6 Å². The Labute approximate surface area is 139 Å². The Balaban J connectivity index is 2.27. The van der Waals surface area contributed by atoms with Gasteiger partial charge < -0.3 is 4.74 Å². The quantitative estimate of drug-likeness (QED) is 0.683. The van der Waals surface area contributed by atoms with Crippen molar-refractivity contribution in [1.82, 2.24) is 9.97 Å². The summed E-state index contributed by atoms with van der Waals surface area (Å²) < 4.78 is 43.3. The predicted octanol–water partition coefficient (Wildman–Crippen LogP) is 5.34. The second kappa shape index (κ2) is 6.48. The van der Waals surface area contributed by atoms with Gasteiger partial charge in [0.25, 0.3) is 0 Å². The minimum absolute atomic E-state index is 0.0637. The zero-order chi connectivity index (χ0) is 16.5. The van der Waals surface area contributed by atoms with Crippen LogP contribution < -0.4 is 4.74 Å². The maximum Gasteiger partial charge on any atom is 0.451 e. The maximum absolute atomic E-state index is 12.7. The zero-order valence-electron chi connectivity index (χ0n) is 11.0. The first-order valence-electron chi connectivity index (χ1n) is 5.86. The average Bonchev–Trinajstić information content (AvgIpc) is 2.38. The van der Waals surface area contributed by atoms with Gasteiger partial charge in [0.2, 0.25) is 11.7 Å². The summed E-state index contributed by atoms with van der Waals surface area (Å²) in [6, 6.07) is 4.69. The molecule has 0 atom stereocenters. The summed E-state index contributed by atoms with van der Waals surface area (Å²) in [5, 5.41) is 0.459. The predicted molar refractivity (Wildman–Crippen MR) is 77.6 cm³/mol. The third-order valence-corrected chi connectivity index (χ3v) is 3.40. The van der Waals surface area contributed by atoms with Crippen LogP contribution in [0.2, 0.25) is 15.2 Å². The van der Waals surface area contributed by atoms with Crippen molar-refractivity contribution in [3.63, 3.8) is 0 Å². The monoisotopic (exact) mass is 370 g/mol. The van der Waals surface area contributed by atoms with Crippen LogP contribution >= 0.6 is 34.8 Å². The van der Waals surface area contributed by atoms with Crippen LogP contribution in [-0.2, 0) is 12.8 Å². The van der Waals surface area contributed by atoms with Crippen LogP contribution in [0.5, 0.6) is 5.88 Å². The molecule has 0 unspecified atom stereocenters. The van der Waals surface area contributed by atoms with Crippen LogP contribution in [0.15, 0.2) is 18.2 Å². The molecule has 118 valence electrons. The molecule has 0 spiro atoms. The Morgan fingerprint density at radius 2 is 1.64 bits per heavy atom. The van der Waals surface area contributed by atoms with Gasteiger partial charge in [0, 0.05) is 15.6 Å². The number of hydrogen-bond donors (Lipinski definition) is 0. The maximum atomic E-state index is 12.7. The Morgan fingerprint density at radius 3 is 2.18 bits per heavy atom. The molecule has 9 heteroatoms. The molecule has 2 aromatic rings. The molecule has 0 N–H and O–H groups in total. The lowest BCUT2D eigenvalue weighted by Crippen LogP contribution is -2.13. The fourth-order valence-corrected chi connectivity index (χ4v) is 2.32. The van der Waals surface area contributed by atoms with E-state index >= 15 is 0 Å². The van der Waals surface area contributed by atoms with Crippen LogP contribution in [0.4, 0.5) is 13.2 Å².